The molecule has 0 amide bonds. The molecule has 0 aliphatic carbocycles. The Morgan fingerprint density at radius 3 is 2.82 bits per heavy atom. The van der Waals surface area contributed by atoms with Crippen LogP contribution in [-0.4, -0.2) is 76.3 Å². The van der Waals surface area contributed by atoms with Crippen molar-refractivity contribution in [2.75, 3.05) is 60.5 Å². The number of nitrogens with zero attached hydrogens (tertiary/aromatic N) is 3. The van der Waals surface area contributed by atoms with E-state index in [0.29, 0.717) is 5.41 Å². The van der Waals surface area contributed by atoms with Gasteiger partial charge < -0.3 is 19.9 Å². The fraction of sp³-hybridized carbons (Fsp3) is 0.941. The Labute approximate surface area is 137 Å². The Hall–Kier alpha value is -0.810. The second-order valence-electron chi connectivity index (χ2n) is 6.86. The van der Waals surface area contributed by atoms with Crippen LogP contribution in [0.1, 0.15) is 39.5 Å². The van der Waals surface area contributed by atoms with E-state index < -0.39 is 0 Å². The molecule has 0 saturated carbocycles. The van der Waals surface area contributed by atoms with Crippen molar-refractivity contribution in [3.8, 4) is 0 Å². The summed E-state index contributed by atoms with van der Waals surface area (Å²) < 4.78 is 5.11. The van der Waals surface area contributed by atoms with Gasteiger partial charge in [-0.1, -0.05) is 20.3 Å². The summed E-state index contributed by atoms with van der Waals surface area (Å²) in [5.74, 6) is 1.06. The molecule has 1 fully saturated rings. The molecule has 0 bridgehead atoms. The van der Waals surface area contributed by atoms with E-state index >= 15 is 0 Å². The van der Waals surface area contributed by atoms with Crippen LogP contribution in [0.5, 0.6) is 0 Å². The Kier molecular flexibility index (Phi) is 8.79. The number of nitrogens with one attached hydrogen (secondary N) is 1. The number of aliphatic imine (C=N–C) groups is 1. The standard InChI is InChI=1S/C17H36N4O/c1-6-8-17(2)9-7-11-21(15-17)16(18-3)19-10-12-20(4)13-14-22-5/h6-15H2,1-5H3,(H,18,19). The van der Waals surface area contributed by atoms with E-state index in [1.807, 2.05) is 7.05 Å². The van der Waals surface area contributed by atoms with E-state index in [2.05, 4.69) is 41.0 Å². The molecule has 0 aromatic rings. The summed E-state index contributed by atoms with van der Waals surface area (Å²) in [5.41, 5.74) is 0.444. The minimum absolute atomic E-state index is 0.444. The second-order valence-corrected chi connectivity index (χ2v) is 6.86. The summed E-state index contributed by atoms with van der Waals surface area (Å²) in [7, 11) is 5.77. The zero-order valence-corrected chi connectivity index (χ0v) is 15.3. The molecule has 0 spiro atoms. The molecule has 22 heavy (non-hydrogen) atoms. The number of ether oxygens (including phenoxy) is 1. The van der Waals surface area contributed by atoms with Crippen molar-refractivity contribution in [3.63, 3.8) is 0 Å². The van der Waals surface area contributed by atoms with Crippen LogP contribution in [0.15, 0.2) is 4.99 Å². The van der Waals surface area contributed by atoms with Crippen molar-refractivity contribution in [1.29, 1.82) is 0 Å². The van der Waals surface area contributed by atoms with Crippen molar-refractivity contribution in [2.45, 2.75) is 39.5 Å². The van der Waals surface area contributed by atoms with Gasteiger partial charge in [0.25, 0.3) is 0 Å². The summed E-state index contributed by atoms with van der Waals surface area (Å²) >= 11 is 0. The number of likely N-dealkylation sites (tertiary alicyclic amines) is 1. The zero-order valence-electron chi connectivity index (χ0n) is 15.3. The van der Waals surface area contributed by atoms with Gasteiger partial charge in [-0.2, -0.15) is 0 Å². The van der Waals surface area contributed by atoms with Crippen LogP contribution in [0.2, 0.25) is 0 Å². The first-order valence-corrected chi connectivity index (χ1v) is 8.67. The maximum atomic E-state index is 5.11. The third-order valence-electron chi connectivity index (χ3n) is 4.60. The molecule has 1 heterocycles. The minimum atomic E-state index is 0.444. The number of likely N-dealkylation sites (N-methyl/N-ethyl adjacent to an activating group) is 1. The number of hydrogen-bond donors (Lipinski definition) is 1. The van der Waals surface area contributed by atoms with Crippen LogP contribution < -0.4 is 5.32 Å². The molecule has 5 heteroatoms. The van der Waals surface area contributed by atoms with Gasteiger partial charge in [-0.15, -0.1) is 0 Å². The molecule has 1 aliphatic rings. The van der Waals surface area contributed by atoms with Gasteiger partial charge in [0.1, 0.15) is 0 Å². The van der Waals surface area contributed by atoms with Crippen LogP contribution in [-0.2, 0) is 4.74 Å². The van der Waals surface area contributed by atoms with Gasteiger partial charge in [-0.3, -0.25) is 4.99 Å². The molecule has 130 valence electrons. The average molecular weight is 313 g/mol. The normalized spacial score (nSPS) is 23.2. The lowest BCUT2D eigenvalue weighted by Gasteiger charge is -2.42. The monoisotopic (exact) mass is 312 g/mol. The van der Waals surface area contributed by atoms with E-state index in [4.69, 9.17) is 4.74 Å². The zero-order chi connectivity index (χ0) is 16.4. The highest BCUT2D eigenvalue weighted by molar-refractivity contribution is 5.80. The largest absolute Gasteiger partial charge is 0.383 e. The Balaban J connectivity index is 2.40. The SMILES string of the molecule is CCCC1(C)CCCN(C(=NC)NCCN(C)CCOC)C1. The van der Waals surface area contributed by atoms with Crippen LogP contribution in [0, 0.1) is 5.41 Å². The number of guanidine groups is 1. The first-order valence-electron chi connectivity index (χ1n) is 8.67. The summed E-state index contributed by atoms with van der Waals surface area (Å²) in [6.45, 7) is 10.6. The lowest BCUT2D eigenvalue weighted by molar-refractivity contribution is 0.142. The average Bonchev–Trinajstić information content (AvgIpc) is 2.49. The maximum absolute atomic E-state index is 5.11. The molecule has 0 radical (unpaired) electrons. The van der Waals surface area contributed by atoms with E-state index in [1.165, 1.54) is 25.7 Å². The summed E-state index contributed by atoms with van der Waals surface area (Å²) in [5, 5.41) is 3.52. The van der Waals surface area contributed by atoms with Gasteiger partial charge in [0.2, 0.25) is 0 Å². The first kappa shape index (κ1) is 19.2. The highest BCUT2D eigenvalue weighted by atomic mass is 16.5. The van der Waals surface area contributed by atoms with Crippen molar-refractivity contribution in [1.82, 2.24) is 15.1 Å². The first-order chi connectivity index (χ1) is 10.5. The Morgan fingerprint density at radius 2 is 2.18 bits per heavy atom. The highest BCUT2D eigenvalue weighted by Gasteiger charge is 2.31. The third kappa shape index (κ3) is 6.53. The summed E-state index contributed by atoms with van der Waals surface area (Å²) in [4.78, 5) is 9.20. The van der Waals surface area contributed by atoms with Gasteiger partial charge in [0.15, 0.2) is 5.96 Å². The predicted octanol–water partition coefficient (Wildman–Crippen LogP) is 2.04. The van der Waals surface area contributed by atoms with E-state index in [1.54, 1.807) is 7.11 Å². The topological polar surface area (TPSA) is 40.1 Å². The second kappa shape index (κ2) is 10.1. The van der Waals surface area contributed by atoms with Gasteiger partial charge in [0.05, 0.1) is 6.61 Å². The molecule has 0 aromatic heterocycles. The molecular weight excluding hydrogens is 276 g/mol. The fourth-order valence-corrected chi connectivity index (χ4v) is 3.35. The van der Waals surface area contributed by atoms with Crippen molar-refractivity contribution >= 4 is 5.96 Å². The van der Waals surface area contributed by atoms with Crippen molar-refractivity contribution in [3.05, 3.63) is 0 Å². The molecule has 1 unspecified atom stereocenters. The Morgan fingerprint density at radius 1 is 1.41 bits per heavy atom. The van der Waals surface area contributed by atoms with Crippen LogP contribution >= 0.6 is 0 Å². The van der Waals surface area contributed by atoms with Crippen molar-refractivity contribution in [2.24, 2.45) is 10.4 Å². The van der Waals surface area contributed by atoms with Crippen LogP contribution in [0.3, 0.4) is 0 Å². The lowest BCUT2D eigenvalue weighted by atomic mass is 9.78. The number of hydrogen-bond acceptors (Lipinski definition) is 3. The maximum Gasteiger partial charge on any atom is 0.193 e. The van der Waals surface area contributed by atoms with Crippen LogP contribution in [0.4, 0.5) is 0 Å². The molecule has 5 nitrogen and oxygen atoms in total. The van der Waals surface area contributed by atoms with E-state index in [0.717, 1.165) is 45.3 Å². The van der Waals surface area contributed by atoms with E-state index in [-0.39, 0.29) is 0 Å². The van der Waals surface area contributed by atoms with Crippen molar-refractivity contribution < 1.29 is 4.74 Å². The Bertz CT molecular complexity index is 331. The summed E-state index contributed by atoms with van der Waals surface area (Å²) in [6.07, 6.45) is 5.18. The predicted molar refractivity (Wildman–Crippen MR) is 94.6 cm³/mol. The quantitative estimate of drug-likeness (QED) is 0.550. The number of rotatable bonds is 8. The fourth-order valence-electron chi connectivity index (χ4n) is 3.35. The molecule has 1 aliphatic heterocycles. The van der Waals surface area contributed by atoms with Crippen LogP contribution in [0.25, 0.3) is 0 Å². The lowest BCUT2D eigenvalue weighted by Crippen LogP contribution is -2.50. The summed E-state index contributed by atoms with van der Waals surface area (Å²) in [6, 6.07) is 0. The number of piperidine rings is 1. The highest BCUT2D eigenvalue weighted by Crippen LogP contribution is 2.33. The van der Waals surface area contributed by atoms with Gasteiger partial charge in [0, 0.05) is 46.9 Å². The van der Waals surface area contributed by atoms with Gasteiger partial charge in [-0.05, 0) is 31.7 Å². The number of methoxy groups -OCH3 is 1. The smallest absolute Gasteiger partial charge is 0.193 e. The van der Waals surface area contributed by atoms with Gasteiger partial charge in [-0.25, -0.2) is 0 Å². The molecule has 1 atom stereocenters. The minimum Gasteiger partial charge on any atom is -0.383 e. The molecule has 1 saturated heterocycles. The third-order valence-corrected chi connectivity index (χ3v) is 4.60. The van der Waals surface area contributed by atoms with E-state index in [9.17, 15) is 0 Å². The van der Waals surface area contributed by atoms with Gasteiger partial charge >= 0.3 is 0 Å². The molecule has 0 aromatic carbocycles. The molecule has 1 N–H and O–H groups in total. The molecular formula is C17H36N4O. The molecule has 1 rings (SSSR count).